The predicted octanol–water partition coefficient (Wildman–Crippen LogP) is 4.78. The summed E-state index contributed by atoms with van der Waals surface area (Å²) >= 11 is 3.46. The minimum atomic E-state index is -0.103. The number of nitrogens with one attached hydrogen (secondary N) is 1. The molecule has 130 valence electrons. The molecule has 0 amide bonds. The third-order valence-electron chi connectivity index (χ3n) is 3.64. The van der Waals surface area contributed by atoms with E-state index in [0.29, 0.717) is 12.5 Å². The van der Waals surface area contributed by atoms with E-state index in [1.165, 1.54) is 5.56 Å². The molecule has 2 aromatic rings. The lowest BCUT2D eigenvalue weighted by Crippen LogP contribution is -2.27. The van der Waals surface area contributed by atoms with Crippen LogP contribution in [0.5, 0.6) is 5.75 Å². The molecule has 0 atom stereocenters. The summed E-state index contributed by atoms with van der Waals surface area (Å²) in [4.78, 5) is 4.48. The number of benzene rings is 2. The Balaban J connectivity index is 0.00000288. The Morgan fingerprint density at radius 3 is 2.42 bits per heavy atom. The SMILES string of the molecule is COc1ccccc1NC(N)=NCC(C)(C)c1ccc(Br)cc1.I. The molecule has 0 radical (unpaired) electrons. The third-order valence-corrected chi connectivity index (χ3v) is 4.17. The van der Waals surface area contributed by atoms with E-state index in [1.807, 2.05) is 36.4 Å². The Morgan fingerprint density at radius 2 is 1.79 bits per heavy atom. The summed E-state index contributed by atoms with van der Waals surface area (Å²) in [6.45, 7) is 4.88. The van der Waals surface area contributed by atoms with Crippen molar-refractivity contribution in [1.29, 1.82) is 0 Å². The Kier molecular flexibility index (Phi) is 8.02. The number of halogens is 2. The van der Waals surface area contributed by atoms with Crippen molar-refractivity contribution in [3.8, 4) is 5.75 Å². The van der Waals surface area contributed by atoms with Gasteiger partial charge in [0.2, 0.25) is 0 Å². The normalized spacial score (nSPS) is 11.6. The summed E-state index contributed by atoms with van der Waals surface area (Å²) in [6.07, 6.45) is 0. The van der Waals surface area contributed by atoms with Gasteiger partial charge < -0.3 is 15.8 Å². The fraction of sp³-hybridized carbons (Fsp3) is 0.278. The van der Waals surface area contributed by atoms with Gasteiger partial charge in [0.05, 0.1) is 19.3 Å². The molecule has 0 aliphatic rings. The first-order valence-corrected chi connectivity index (χ1v) is 8.18. The number of aliphatic imine (C=N–C) groups is 1. The fourth-order valence-electron chi connectivity index (χ4n) is 2.20. The maximum Gasteiger partial charge on any atom is 0.193 e. The fourth-order valence-corrected chi connectivity index (χ4v) is 2.46. The zero-order chi connectivity index (χ0) is 16.9. The molecule has 0 heterocycles. The highest BCUT2D eigenvalue weighted by molar-refractivity contribution is 14.0. The molecule has 0 spiro atoms. The standard InChI is InChI=1S/C18H22BrN3O.HI/c1-18(2,13-8-10-14(19)11-9-13)12-21-17(20)22-15-6-4-5-7-16(15)23-3;/h4-11H,12H2,1-3H3,(H3,20,21,22);1H. The van der Waals surface area contributed by atoms with Crippen molar-refractivity contribution in [2.45, 2.75) is 19.3 Å². The molecule has 4 nitrogen and oxygen atoms in total. The molecule has 0 aliphatic heterocycles. The van der Waals surface area contributed by atoms with Gasteiger partial charge in [-0.15, -0.1) is 24.0 Å². The zero-order valence-corrected chi connectivity index (χ0v) is 18.0. The van der Waals surface area contributed by atoms with Crippen LogP contribution in [0.2, 0.25) is 0 Å². The molecule has 0 saturated heterocycles. The monoisotopic (exact) mass is 503 g/mol. The smallest absolute Gasteiger partial charge is 0.193 e. The van der Waals surface area contributed by atoms with Crippen LogP contribution < -0.4 is 15.8 Å². The first-order chi connectivity index (χ1) is 10.9. The second-order valence-electron chi connectivity index (χ2n) is 5.92. The van der Waals surface area contributed by atoms with Crippen LogP contribution in [0.15, 0.2) is 58.0 Å². The summed E-state index contributed by atoms with van der Waals surface area (Å²) in [5.74, 6) is 1.11. The highest BCUT2D eigenvalue weighted by Crippen LogP contribution is 2.26. The highest BCUT2D eigenvalue weighted by Gasteiger charge is 2.20. The molecular formula is C18H23BrIN3O. The Hall–Kier alpha value is -1.28. The van der Waals surface area contributed by atoms with Gasteiger partial charge in [-0.3, -0.25) is 4.99 Å². The largest absolute Gasteiger partial charge is 0.495 e. The van der Waals surface area contributed by atoms with Crippen molar-refractivity contribution in [3.05, 3.63) is 58.6 Å². The molecular weight excluding hydrogens is 481 g/mol. The summed E-state index contributed by atoms with van der Waals surface area (Å²) in [6, 6.07) is 15.9. The van der Waals surface area contributed by atoms with E-state index in [0.717, 1.165) is 15.9 Å². The van der Waals surface area contributed by atoms with Gasteiger partial charge in [-0.25, -0.2) is 0 Å². The number of guanidine groups is 1. The Labute approximate surface area is 169 Å². The predicted molar refractivity (Wildman–Crippen MR) is 116 cm³/mol. The number of para-hydroxylation sites is 2. The molecule has 0 unspecified atom stereocenters. The minimum Gasteiger partial charge on any atom is -0.495 e. The number of nitrogens with two attached hydrogens (primary N) is 1. The molecule has 6 heteroatoms. The topological polar surface area (TPSA) is 59.6 Å². The van der Waals surface area contributed by atoms with Crippen LogP contribution in [-0.2, 0) is 5.41 Å². The van der Waals surface area contributed by atoms with E-state index in [1.54, 1.807) is 7.11 Å². The quantitative estimate of drug-likeness (QED) is 0.350. The first kappa shape index (κ1) is 20.8. The van der Waals surface area contributed by atoms with Gasteiger partial charge in [-0.1, -0.05) is 54.0 Å². The number of anilines is 1. The van der Waals surface area contributed by atoms with Crippen LogP contribution >= 0.6 is 39.9 Å². The maximum absolute atomic E-state index is 6.01. The van der Waals surface area contributed by atoms with Crippen LogP contribution in [0.25, 0.3) is 0 Å². The number of hydrogen-bond acceptors (Lipinski definition) is 2. The summed E-state index contributed by atoms with van der Waals surface area (Å²) in [5, 5.41) is 3.09. The zero-order valence-electron chi connectivity index (χ0n) is 14.0. The molecule has 2 aromatic carbocycles. The van der Waals surface area contributed by atoms with Gasteiger partial charge in [0.1, 0.15) is 5.75 Å². The van der Waals surface area contributed by atoms with E-state index < -0.39 is 0 Å². The molecule has 0 aromatic heterocycles. The number of methoxy groups -OCH3 is 1. The van der Waals surface area contributed by atoms with Crippen molar-refractivity contribution < 1.29 is 4.74 Å². The van der Waals surface area contributed by atoms with Crippen LogP contribution in [0.3, 0.4) is 0 Å². The lowest BCUT2D eigenvalue weighted by molar-refractivity contribution is 0.417. The summed E-state index contributed by atoms with van der Waals surface area (Å²) in [7, 11) is 1.63. The second kappa shape index (κ2) is 9.27. The van der Waals surface area contributed by atoms with Gasteiger partial charge in [-0.2, -0.15) is 0 Å². The van der Waals surface area contributed by atoms with E-state index in [9.17, 15) is 0 Å². The average Bonchev–Trinajstić information content (AvgIpc) is 2.54. The van der Waals surface area contributed by atoms with Gasteiger partial charge in [-0.05, 0) is 29.8 Å². The molecule has 0 aliphatic carbocycles. The van der Waals surface area contributed by atoms with Gasteiger partial charge in [0.25, 0.3) is 0 Å². The molecule has 0 saturated carbocycles. The number of ether oxygens (including phenoxy) is 1. The van der Waals surface area contributed by atoms with Gasteiger partial charge in [0, 0.05) is 9.89 Å². The summed E-state index contributed by atoms with van der Waals surface area (Å²) in [5.41, 5.74) is 7.93. The van der Waals surface area contributed by atoms with Crippen molar-refractivity contribution in [2.24, 2.45) is 10.7 Å². The van der Waals surface area contributed by atoms with Crippen molar-refractivity contribution in [3.63, 3.8) is 0 Å². The second-order valence-corrected chi connectivity index (χ2v) is 6.83. The van der Waals surface area contributed by atoms with Crippen LogP contribution in [-0.4, -0.2) is 19.6 Å². The number of hydrogen-bond donors (Lipinski definition) is 2. The van der Waals surface area contributed by atoms with E-state index >= 15 is 0 Å². The highest BCUT2D eigenvalue weighted by atomic mass is 127. The molecule has 3 N–H and O–H groups in total. The lowest BCUT2D eigenvalue weighted by Gasteiger charge is -2.23. The maximum atomic E-state index is 6.01. The number of rotatable bonds is 5. The van der Waals surface area contributed by atoms with Crippen molar-refractivity contribution in [1.82, 2.24) is 0 Å². The van der Waals surface area contributed by atoms with Gasteiger partial charge in [0.15, 0.2) is 5.96 Å². The first-order valence-electron chi connectivity index (χ1n) is 7.38. The number of nitrogens with zero attached hydrogens (tertiary/aromatic N) is 1. The molecule has 2 rings (SSSR count). The third kappa shape index (κ3) is 5.66. The minimum absolute atomic E-state index is 0. The van der Waals surface area contributed by atoms with Crippen LogP contribution in [0.4, 0.5) is 5.69 Å². The summed E-state index contributed by atoms with van der Waals surface area (Å²) < 4.78 is 6.36. The molecule has 0 bridgehead atoms. The average molecular weight is 504 g/mol. The Morgan fingerprint density at radius 1 is 1.17 bits per heavy atom. The molecule has 24 heavy (non-hydrogen) atoms. The van der Waals surface area contributed by atoms with E-state index in [4.69, 9.17) is 10.5 Å². The lowest BCUT2D eigenvalue weighted by atomic mass is 9.85. The van der Waals surface area contributed by atoms with Crippen LogP contribution in [0.1, 0.15) is 19.4 Å². The van der Waals surface area contributed by atoms with E-state index in [-0.39, 0.29) is 29.4 Å². The molecule has 0 fully saturated rings. The van der Waals surface area contributed by atoms with E-state index in [2.05, 4.69) is 52.2 Å². The van der Waals surface area contributed by atoms with Crippen LogP contribution in [0, 0.1) is 0 Å². The Bertz CT molecular complexity index is 687. The van der Waals surface area contributed by atoms with Crippen molar-refractivity contribution in [2.75, 3.05) is 19.0 Å². The van der Waals surface area contributed by atoms with Crippen molar-refractivity contribution >= 4 is 51.6 Å². The van der Waals surface area contributed by atoms with Gasteiger partial charge >= 0.3 is 0 Å².